The summed E-state index contributed by atoms with van der Waals surface area (Å²) >= 11 is 0. The minimum atomic E-state index is -0.274. The molecule has 0 amide bonds. The van der Waals surface area contributed by atoms with Crippen molar-refractivity contribution in [1.82, 2.24) is 9.78 Å². The van der Waals surface area contributed by atoms with Gasteiger partial charge in [-0.2, -0.15) is 5.10 Å². The van der Waals surface area contributed by atoms with Gasteiger partial charge in [-0.15, -0.1) is 0 Å². The van der Waals surface area contributed by atoms with E-state index in [1.54, 1.807) is 38.2 Å². The molecule has 0 saturated carbocycles. The molecular formula is C21H18N2O4. The van der Waals surface area contributed by atoms with E-state index in [9.17, 15) is 9.90 Å². The van der Waals surface area contributed by atoms with Crippen LogP contribution in [0.3, 0.4) is 0 Å². The molecule has 2 heterocycles. The van der Waals surface area contributed by atoms with Gasteiger partial charge in [0.05, 0.1) is 12.7 Å². The molecular weight excluding hydrogens is 344 g/mol. The number of hydrogen-bond donors (Lipinski definition) is 1. The van der Waals surface area contributed by atoms with E-state index in [0.29, 0.717) is 33.9 Å². The van der Waals surface area contributed by atoms with E-state index >= 15 is 0 Å². The van der Waals surface area contributed by atoms with Crippen LogP contribution < -0.4 is 10.3 Å². The quantitative estimate of drug-likeness (QED) is 0.598. The van der Waals surface area contributed by atoms with Crippen molar-refractivity contribution in [3.05, 3.63) is 64.6 Å². The normalized spacial score (nSPS) is 11.1. The number of benzene rings is 2. The number of ether oxygens (including phenoxy) is 1. The third-order valence-electron chi connectivity index (χ3n) is 4.54. The summed E-state index contributed by atoms with van der Waals surface area (Å²) in [4.78, 5) is 13.0. The molecule has 0 aliphatic carbocycles. The van der Waals surface area contributed by atoms with Crippen molar-refractivity contribution < 1.29 is 14.3 Å². The summed E-state index contributed by atoms with van der Waals surface area (Å²) in [6.07, 6.45) is 0. The SMILES string of the molecule is COc1c(C)nn(C)c(=O)c1-c1c(-c2ccc(O)cc2)oc2ccccc12. The van der Waals surface area contributed by atoms with Crippen LogP contribution in [-0.2, 0) is 7.05 Å². The van der Waals surface area contributed by atoms with Gasteiger partial charge in [0.2, 0.25) is 0 Å². The van der Waals surface area contributed by atoms with Gasteiger partial charge in [-0.3, -0.25) is 4.79 Å². The average Bonchev–Trinajstić information content (AvgIpc) is 3.04. The van der Waals surface area contributed by atoms with E-state index in [-0.39, 0.29) is 11.3 Å². The lowest BCUT2D eigenvalue weighted by Crippen LogP contribution is -2.23. The van der Waals surface area contributed by atoms with Gasteiger partial charge in [-0.1, -0.05) is 18.2 Å². The molecule has 6 nitrogen and oxygen atoms in total. The van der Waals surface area contributed by atoms with E-state index in [4.69, 9.17) is 9.15 Å². The van der Waals surface area contributed by atoms with E-state index in [1.165, 1.54) is 11.8 Å². The van der Waals surface area contributed by atoms with Crippen LogP contribution >= 0.6 is 0 Å². The Bertz CT molecular complexity index is 1200. The number of para-hydroxylation sites is 1. The highest BCUT2D eigenvalue weighted by molar-refractivity contribution is 6.03. The fourth-order valence-electron chi connectivity index (χ4n) is 3.34. The van der Waals surface area contributed by atoms with Gasteiger partial charge in [-0.25, -0.2) is 4.68 Å². The molecule has 136 valence electrons. The predicted molar refractivity (Wildman–Crippen MR) is 103 cm³/mol. The first-order chi connectivity index (χ1) is 13.0. The number of methoxy groups -OCH3 is 1. The Kier molecular flexibility index (Phi) is 3.96. The standard InChI is InChI=1S/C21H18N2O4/c1-12-19(26-3)18(21(25)23(2)22-12)17-15-6-4-5-7-16(15)27-20(17)13-8-10-14(24)11-9-13/h4-11,24H,1-3H3. The molecule has 2 aromatic heterocycles. The highest BCUT2D eigenvalue weighted by Gasteiger charge is 2.25. The number of phenolic OH excluding ortho intramolecular Hbond substituents is 1. The second-order valence-electron chi connectivity index (χ2n) is 6.27. The zero-order valence-corrected chi connectivity index (χ0v) is 15.2. The average molecular weight is 362 g/mol. The second-order valence-corrected chi connectivity index (χ2v) is 6.27. The maximum absolute atomic E-state index is 13.0. The van der Waals surface area contributed by atoms with Crippen LogP contribution in [0.4, 0.5) is 0 Å². The fourth-order valence-corrected chi connectivity index (χ4v) is 3.34. The van der Waals surface area contributed by atoms with Gasteiger partial charge in [0, 0.05) is 23.6 Å². The number of furan rings is 1. The van der Waals surface area contributed by atoms with Gasteiger partial charge in [0.25, 0.3) is 5.56 Å². The van der Waals surface area contributed by atoms with Crippen LogP contribution in [0, 0.1) is 6.92 Å². The number of aromatic nitrogens is 2. The Morgan fingerprint density at radius 2 is 1.78 bits per heavy atom. The van der Waals surface area contributed by atoms with Gasteiger partial charge in [-0.05, 0) is 37.3 Å². The minimum Gasteiger partial charge on any atom is -0.508 e. The number of hydrogen-bond acceptors (Lipinski definition) is 5. The van der Waals surface area contributed by atoms with Crippen LogP contribution in [0.1, 0.15) is 5.69 Å². The first-order valence-corrected chi connectivity index (χ1v) is 8.44. The van der Waals surface area contributed by atoms with Crippen molar-refractivity contribution in [2.24, 2.45) is 7.05 Å². The molecule has 6 heteroatoms. The van der Waals surface area contributed by atoms with E-state index in [0.717, 1.165) is 10.9 Å². The lowest BCUT2D eigenvalue weighted by molar-refractivity contribution is 0.405. The maximum atomic E-state index is 13.0. The largest absolute Gasteiger partial charge is 0.508 e. The van der Waals surface area contributed by atoms with Crippen molar-refractivity contribution in [1.29, 1.82) is 0 Å². The summed E-state index contributed by atoms with van der Waals surface area (Å²) in [5.41, 5.74) is 2.80. The first kappa shape index (κ1) is 16.9. The molecule has 0 saturated heterocycles. The highest BCUT2D eigenvalue weighted by atomic mass is 16.5. The number of rotatable bonds is 3. The highest BCUT2D eigenvalue weighted by Crippen LogP contribution is 2.43. The molecule has 0 aliphatic rings. The summed E-state index contributed by atoms with van der Waals surface area (Å²) in [6, 6.07) is 14.2. The molecule has 0 spiro atoms. The summed E-state index contributed by atoms with van der Waals surface area (Å²) in [5, 5.41) is 14.6. The minimum absolute atomic E-state index is 0.157. The molecule has 0 fully saturated rings. The Morgan fingerprint density at radius 3 is 2.48 bits per heavy atom. The van der Waals surface area contributed by atoms with Crippen molar-refractivity contribution >= 4 is 11.0 Å². The van der Waals surface area contributed by atoms with E-state index in [2.05, 4.69) is 5.10 Å². The Morgan fingerprint density at radius 1 is 1.07 bits per heavy atom. The number of phenols is 1. The molecule has 1 N–H and O–H groups in total. The smallest absolute Gasteiger partial charge is 0.278 e. The number of fused-ring (bicyclic) bond motifs is 1. The lowest BCUT2D eigenvalue weighted by atomic mass is 9.98. The molecule has 0 atom stereocenters. The predicted octanol–water partition coefficient (Wildman–Crippen LogP) is 3.88. The van der Waals surface area contributed by atoms with Crippen LogP contribution in [0.25, 0.3) is 33.4 Å². The third-order valence-corrected chi connectivity index (χ3v) is 4.54. The molecule has 27 heavy (non-hydrogen) atoms. The van der Waals surface area contributed by atoms with Gasteiger partial charge in [0.15, 0.2) is 5.75 Å². The second kappa shape index (κ2) is 6.32. The molecule has 0 radical (unpaired) electrons. The molecule has 4 rings (SSSR count). The molecule has 0 unspecified atom stereocenters. The molecule has 4 aromatic rings. The van der Waals surface area contributed by atoms with Crippen molar-refractivity contribution in [3.63, 3.8) is 0 Å². The third kappa shape index (κ3) is 2.66. The van der Waals surface area contributed by atoms with Crippen LogP contribution in [0.2, 0.25) is 0 Å². The first-order valence-electron chi connectivity index (χ1n) is 8.44. The Labute approximate surface area is 155 Å². The summed E-state index contributed by atoms with van der Waals surface area (Å²) in [5.74, 6) is 1.12. The van der Waals surface area contributed by atoms with Crippen molar-refractivity contribution in [2.75, 3.05) is 7.11 Å². The van der Waals surface area contributed by atoms with Gasteiger partial charge in [0.1, 0.15) is 22.8 Å². The van der Waals surface area contributed by atoms with Gasteiger partial charge >= 0.3 is 0 Å². The fraction of sp³-hybridized carbons (Fsp3) is 0.143. The Balaban J connectivity index is 2.16. The summed E-state index contributed by atoms with van der Waals surface area (Å²) in [6.45, 7) is 1.80. The maximum Gasteiger partial charge on any atom is 0.278 e. The summed E-state index contributed by atoms with van der Waals surface area (Å²) in [7, 11) is 3.14. The van der Waals surface area contributed by atoms with Crippen molar-refractivity contribution in [2.45, 2.75) is 6.92 Å². The molecule has 0 bridgehead atoms. The monoisotopic (exact) mass is 362 g/mol. The number of aromatic hydroxyl groups is 1. The number of nitrogens with zero attached hydrogens (tertiary/aromatic N) is 2. The zero-order chi connectivity index (χ0) is 19.1. The molecule has 0 aliphatic heterocycles. The van der Waals surface area contributed by atoms with Crippen LogP contribution in [0.5, 0.6) is 11.5 Å². The molecule has 2 aromatic carbocycles. The van der Waals surface area contributed by atoms with Crippen LogP contribution in [0.15, 0.2) is 57.7 Å². The lowest BCUT2D eigenvalue weighted by Gasteiger charge is -2.12. The van der Waals surface area contributed by atoms with Crippen LogP contribution in [-0.4, -0.2) is 22.0 Å². The van der Waals surface area contributed by atoms with Crippen molar-refractivity contribution in [3.8, 4) is 33.9 Å². The number of aryl methyl sites for hydroxylation is 2. The Hall–Kier alpha value is -3.54. The van der Waals surface area contributed by atoms with E-state index < -0.39 is 0 Å². The zero-order valence-electron chi connectivity index (χ0n) is 15.2. The van der Waals surface area contributed by atoms with E-state index in [1.807, 2.05) is 24.3 Å². The topological polar surface area (TPSA) is 77.5 Å². The van der Waals surface area contributed by atoms with Gasteiger partial charge < -0.3 is 14.3 Å². The summed E-state index contributed by atoms with van der Waals surface area (Å²) < 4.78 is 12.9.